The molecule has 2 aromatic rings. The number of carbonyl (C=O) groups is 1. The van der Waals surface area contributed by atoms with Crippen LogP contribution in [0, 0.1) is 0 Å². The fourth-order valence-corrected chi connectivity index (χ4v) is 2.30. The van der Waals surface area contributed by atoms with Crippen LogP contribution in [0.4, 0.5) is 17.1 Å². The Balaban J connectivity index is 2.22. The van der Waals surface area contributed by atoms with Crippen LogP contribution in [-0.4, -0.2) is 18.9 Å². The van der Waals surface area contributed by atoms with Gasteiger partial charge in [-0.2, -0.15) is 8.42 Å². The normalized spacial score (nSPS) is 11.1. The molecular formula is C13H13N3O4S. The summed E-state index contributed by atoms with van der Waals surface area (Å²) >= 11 is 0. The lowest BCUT2D eigenvalue weighted by Crippen LogP contribution is -2.12. The zero-order valence-corrected chi connectivity index (χ0v) is 11.6. The van der Waals surface area contributed by atoms with Gasteiger partial charge in [0.2, 0.25) is 0 Å². The van der Waals surface area contributed by atoms with Gasteiger partial charge in [0.1, 0.15) is 4.90 Å². The van der Waals surface area contributed by atoms with Crippen LogP contribution >= 0.6 is 0 Å². The first-order valence-corrected chi connectivity index (χ1v) is 7.25. The summed E-state index contributed by atoms with van der Waals surface area (Å²) in [6.07, 6.45) is 0. The predicted molar refractivity (Wildman–Crippen MR) is 79.5 cm³/mol. The summed E-state index contributed by atoms with van der Waals surface area (Å²) in [5.41, 5.74) is 12.1. The van der Waals surface area contributed by atoms with Crippen LogP contribution in [-0.2, 0) is 10.1 Å². The summed E-state index contributed by atoms with van der Waals surface area (Å²) in [5.74, 6) is -0.394. The van der Waals surface area contributed by atoms with E-state index >= 15 is 0 Å². The third kappa shape index (κ3) is 3.50. The fraction of sp³-hybridized carbons (Fsp3) is 0. The second-order valence-corrected chi connectivity index (χ2v) is 5.69. The molecule has 0 spiro atoms. The quantitative estimate of drug-likeness (QED) is 0.499. The smallest absolute Gasteiger partial charge is 0.296 e. The summed E-state index contributed by atoms with van der Waals surface area (Å²) < 4.78 is 31.0. The van der Waals surface area contributed by atoms with Gasteiger partial charge >= 0.3 is 0 Å². The molecule has 2 rings (SSSR count). The maximum Gasteiger partial charge on any atom is 0.296 e. The number of anilines is 3. The predicted octanol–water partition coefficient (Wildman–Crippen LogP) is 1.35. The van der Waals surface area contributed by atoms with Gasteiger partial charge in [-0.15, -0.1) is 0 Å². The van der Waals surface area contributed by atoms with Crippen molar-refractivity contribution in [1.82, 2.24) is 0 Å². The van der Waals surface area contributed by atoms with Gasteiger partial charge in [0.05, 0.1) is 5.69 Å². The average molecular weight is 307 g/mol. The molecule has 0 radical (unpaired) electrons. The maximum atomic E-state index is 12.0. The molecule has 8 heteroatoms. The SMILES string of the molecule is Nc1ccc(C(=O)Nc2ccc(S(=O)(=O)O)c(N)c2)cc1. The average Bonchev–Trinajstić information content (AvgIpc) is 2.37. The molecule has 110 valence electrons. The van der Waals surface area contributed by atoms with Crippen LogP contribution in [0.15, 0.2) is 47.4 Å². The maximum absolute atomic E-state index is 12.0. The molecule has 0 aliphatic heterocycles. The van der Waals surface area contributed by atoms with Crippen LogP contribution in [0.5, 0.6) is 0 Å². The highest BCUT2D eigenvalue weighted by Gasteiger charge is 2.14. The Morgan fingerprint density at radius 2 is 1.67 bits per heavy atom. The van der Waals surface area contributed by atoms with Crippen molar-refractivity contribution in [2.45, 2.75) is 4.90 Å². The molecule has 0 saturated heterocycles. The molecule has 0 aliphatic carbocycles. The fourth-order valence-electron chi connectivity index (χ4n) is 1.70. The first-order chi connectivity index (χ1) is 9.77. The summed E-state index contributed by atoms with van der Waals surface area (Å²) in [6, 6.07) is 9.98. The molecule has 6 N–H and O–H groups in total. The summed E-state index contributed by atoms with van der Waals surface area (Å²) in [5, 5.41) is 2.56. The Bertz CT molecular complexity index is 786. The second kappa shape index (κ2) is 5.43. The highest BCUT2D eigenvalue weighted by atomic mass is 32.2. The monoisotopic (exact) mass is 307 g/mol. The number of nitrogen functional groups attached to an aromatic ring is 2. The van der Waals surface area contributed by atoms with Crippen molar-refractivity contribution < 1.29 is 17.8 Å². The molecule has 0 aromatic heterocycles. The van der Waals surface area contributed by atoms with Crippen LogP contribution in [0.2, 0.25) is 0 Å². The Labute approximate surface area is 121 Å². The zero-order valence-electron chi connectivity index (χ0n) is 10.8. The van der Waals surface area contributed by atoms with E-state index in [0.29, 0.717) is 16.9 Å². The largest absolute Gasteiger partial charge is 0.399 e. The minimum atomic E-state index is -4.39. The third-order valence-corrected chi connectivity index (χ3v) is 3.65. The molecule has 0 aliphatic rings. The van der Waals surface area contributed by atoms with Crippen LogP contribution in [0.25, 0.3) is 0 Å². The van der Waals surface area contributed by atoms with Crippen molar-refractivity contribution >= 4 is 33.1 Å². The topological polar surface area (TPSA) is 136 Å². The standard InChI is InChI=1S/C13H13N3O4S/c14-9-3-1-8(2-4-9)13(17)16-10-5-6-12(11(15)7-10)21(18,19)20/h1-7H,14-15H2,(H,16,17)(H,18,19,20). The van der Waals surface area contributed by atoms with Gasteiger partial charge in [-0.05, 0) is 42.5 Å². The molecule has 0 unspecified atom stereocenters. The number of nitrogens with two attached hydrogens (primary N) is 2. The van der Waals surface area contributed by atoms with Crippen molar-refractivity contribution in [1.29, 1.82) is 0 Å². The number of amides is 1. The molecule has 0 fully saturated rings. The van der Waals surface area contributed by atoms with Gasteiger partial charge in [-0.3, -0.25) is 9.35 Å². The number of nitrogens with one attached hydrogen (secondary N) is 1. The first-order valence-electron chi connectivity index (χ1n) is 5.81. The van der Waals surface area contributed by atoms with Crippen LogP contribution < -0.4 is 16.8 Å². The highest BCUT2D eigenvalue weighted by molar-refractivity contribution is 7.86. The van der Waals surface area contributed by atoms with E-state index in [9.17, 15) is 13.2 Å². The molecule has 0 atom stereocenters. The lowest BCUT2D eigenvalue weighted by molar-refractivity contribution is 0.102. The van der Waals surface area contributed by atoms with Crippen molar-refractivity contribution in [3.05, 3.63) is 48.0 Å². The van der Waals surface area contributed by atoms with Gasteiger partial charge in [-0.1, -0.05) is 0 Å². The number of carbonyl (C=O) groups excluding carboxylic acids is 1. The van der Waals surface area contributed by atoms with Crippen molar-refractivity contribution in [3.63, 3.8) is 0 Å². The third-order valence-electron chi connectivity index (χ3n) is 2.72. The van der Waals surface area contributed by atoms with Crippen LogP contribution in [0.3, 0.4) is 0 Å². The van der Waals surface area contributed by atoms with Crippen molar-refractivity contribution in [2.75, 3.05) is 16.8 Å². The van der Waals surface area contributed by atoms with Gasteiger partial charge in [0, 0.05) is 16.9 Å². The van der Waals surface area contributed by atoms with Crippen LogP contribution in [0.1, 0.15) is 10.4 Å². The second-order valence-electron chi connectivity index (χ2n) is 4.30. The first kappa shape index (κ1) is 14.8. The van der Waals surface area contributed by atoms with Gasteiger partial charge < -0.3 is 16.8 Å². The lowest BCUT2D eigenvalue weighted by atomic mass is 10.2. The Kier molecular flexibility index (Phi) is 3.83. The molecule has 1 amide bonds. The van der Waals surface area contributed by atoms with Gasteiger partial charge in [0.25, 0.3) is 16.0 Å². The number of hydrogen-bond donors (Lipinski definition) is 4. The van der Waals surface area contributed by atoms with E-state index in [4.69, 9.17) is 16.0 Å². The molecule has 0 bridgehead atoms. The summed E-state index contributed by atoms with van der Waals surface area (Å²) in [7, 11) is -4.39. The molecule has 0 heterocycles. The lowest BCUT2D eigenvalue weighted by Gasteiger charge is -2.08. The molecular weight excluding hydrogens is 294 g/mol. The zero-order chi connectivity index (χ0) is 15.6. The van der Waals surface area contributed by atoms with E-state index in [1.807, 2.05) is 0 Å². The van der Waals surface area contributed by atoms with E-state index in [-0.39, 0.29) is 5.69 Å². The molecule has 2 aromatic carbocycles. The Hall–Kier alpha value is -2.58. The van der Waals surface area contributed by atoms with E-state index < -0.39 is 20.9 Å². The highest BCUT2D eigenvalue weighted by Crippen LogP contribution is 2.22. The number of hydrogen-bond acceptors (Lipinski definition) is 5. The Morgan fingerprint density at radius 1 is 1.05 bits per heavy atom. The number of rotatable bonds is 3. The van der Waals surface area contributed by atoms with Gasteiger partial charge in [-0.25, -0.2) is 0 Å². The van der Waals surface area contributed by atoms with E-state index in [2.05, 4.69) is 5.32 Å². The molecule has 7 nitrogen and oxygen atoms in total. The number of benzene rings is 2. The van der Waals surface area contributed by atoms with E-state index in [1.54, 1.807) is 24.3 Å². The van der Waals surface area contributed by atoms with E-state index in [1.165, 1.54) is 12.1 Å². The van der Waals surface area contributed by atoms with E-state index in [0.717, 1.165) is 6.07 Å². The Morgan fingerprint density at radius 3 is 2.19 bits per heavy atom. The minimum absolute atomic E-state index is 0.160. The van der Waals surface area contributed by atoms with Crippen molar-refractivity contribution in [3.8, 4) is 0 Å². The van der Waals surface area contributed by atoms with Gasteiger partial charge in [0.15, 0.2) is 0 Å². The summed E-state index contributed by atoms with van der Waals surface area (Å²) in [6.45, 7) is 0. The molecule has 0 saturated carbocycles. The summed E-state index contributed by atoms with van der Waals surface area (Å²) in [4.78, 5) is 11.5. The minimum Gasteiger partial charge on any atom is -0.399 e. The molecule has 21 heavy (non-hydrogen) atoms. The van der Waals surface area contributed by atoms with Crippen molar-refractivity contribution in [2.24, 2.45) is 0 Å².